The Labute approximate surface area is 169 Å². The number of aryl methyl sites for hydroxylation is 1. The van der Waals surface area contributed by atoms with Gasteiger partial charge in [0.25, 0.3) is 0 Å². The van der Waals surface area contributed by atoms with Crippen LogP contribution >= 0.6 is 0 Å². The maximum absolute atomic E-state index is 15.3. The Morgan fingerprint density at radius 1 is 1.07 bits per heavy atom. The molecule has 0 atom stereocenters. The van der Waals surface area contributed by atoms with Crippen molar-refractivity contribution >= 4 is 26.7 Å². The molecular weight excluding hydrogens is 417 g/mol. The number of rotatable bonds is 4. The summed E-state index contributed by atoms with van der Waals surface area (Å²) < 4.78 is 69.6. The van der Waals surface area contributed by atoms with Gasteiger partial charge < -0.3 is 10.3 Å². The summed E-state index contributed by atoms with van der Waals surface area (Å²) in [6.45, 7) is 0. The molecule has 0 unspecified atom stereocenters. The summed E-state index contributed by atoms with van der Waals surface area (Å²) in [5, 5.41) is 0.426. The highest BCUT2D eigenvalue weighted by atomic mass is 32.2. The highest BCUT2D eigenvalue weighted by Crippen LogP contribution is 2.35. The minimum Gasteiger partial charge on any atom is -0.383 e. The van der Waals surface area contributed by atoms with Crippen molar-refractivity contribution in [3.05, 3.63) is 71.9 Å². The number of hydrogen-bond donors (Lipinski definition) is 1. The molecule has 0 radical (unpaired) electrons. The van der Waals surface area contributed by atoms with Crippen LogP contribution in [0.2, 0.25) is 0 Å². The van der Waals surface area contributed by atoms with Gasteiger partial charge in [0.05, 0.1) is 11.1 Å². The van der Waals surface area contributed by atoms with Crippen LogP contribution in [0.4, 0.5) is 19.0 Å². The molecule has 2 N–H and O–H groups in total. The number of nitrogen functional groups attached to an aromatic ring is 1. The standard InChI is InChI=1S/C20H15F3N4O2S/c1-27-8-14(17-19(24)25-10-26-20(17)27)13-4-2-3-11(18(13)23)9-30(28,29)16-7-12(21)5-6-15(16)22/h2-8,10H,9H2,1H3,(H2,24,25,26). The van der Waals surface area contributed by atoms with Crippen LogP contribution in [-0.4, -0.2) is 23.0 Å². The molecule has 10 heteroatoms. The van der Waals surface area contributed by atoms with E-state index in [1.807, 2.05) is 0 Å². The lowest BCUT2D eigenvalue weighted by atomic mass is 10.0. The summed E-state index contributed by atoms with van der Waals surface area (Å²) >= 11 is 0. The van der Waals surface area contributed by atoms with Crippen molar-refractivity contribution < 1.29 is 21.6 Å². The Morgan fingerprint density at radius 2 is 1.83 bits per heavy atom. The summed E-state index contributed by atoms with van der Waals surface area (Å²) in [4.78, 5) is 7.24. The molecule has 2 aromatic heterocycles. The van der Waals surface area contributed by atoms with Crippen molar-refractivity contribution in [1.29, 1.82) is 0 Å². The van der Waals surface area contributed by atoms with Crippen molar-refractivity contribution in [3.8, 4) is 11.1 Å². The Balaban J connectivity index is 1.83. The summed E-state index contributed by atoms with van der Waals surface area (Å²) in [6, 6.07) is 6.32. The minimum atomic E-state index is -4.34. The van der Waals surface area contributed by atoms with E-state index in [1.165, 1.54) is 24.5 Å². The van der Waals surface area contributed by atoms with E-state index >= 15 is 4.39 Å². The van der Waals surface area contributed by atoms with Crippen molar-refractivity contribution in [1.82, 2.24) is 14.5 Å². The highest BCUT2D eigenvalue weighted by Gasteiger charge is 2.24. The van der Waals surface area contributed by atoms with E-state index in [9.17, 15) is 17.2 Å². The number of halogens is 3. The molecule has 0 spiro atoms. The monoisotopic (exact) mass is 432 g/mol. The molecule has 0 aliphatic carbocycles. The van der Waals surface area contributed by atoms with E-state index in [0.717, 1.165) is 6.07 Å². The summed E-state index contributed by atoms with van der Waals surface area (Å²) in [5.41, 5.74) is 6.72. The van der Waals surface area contributed by atoms with Crippen LogP contribution < -0.4 is 5.73 Å². The van der Waals surface area contributed by atoms with E-state index in [0.29, 0.717) is 28.7 Å². The molecule has 30 heavy (non-hydrogen) atoms. The predicted octanol–water partition coefficient (Wildman–Crippen LogP) is 3.61. The van der Waals surface area contributed by atoms with E-state index in [4.69, 9.17) is 5.73 Å². The predicted molar refractivity (Wildman–Crippen MR) is 106 cm³/mol. The van der Waals surface area contributed by atoms with Gasteiger partial charge in [-0.1, -0.05) is 18.2 Å². The lowest BCUT2D eigenvalue weighted by Crippen LogP contribution is -2.09. The van der Waals surface area contributed by atoms with Gasteiger partial charge in [0.15, 0.2) is 9.84 Å². The number of hydrogen-bond acceptors (Lipinski definition) is 5. The number of nitrogens with zero attached hydrogens (tertiary/aromatic N) is 3. The average molecular weight is 432 g/mol. The van der Waals surface area contributed by atoms with Gasteiger partial charge in [0, 0.05) is 29.9 Å². The number of nitrogens with two attached hydrogens (primary N) is 1. The molecular formula is C20H15F3N4O2S. The summed E-state index contributed by atoms with van der Waals surface area (Å²) in [7, 11) is -2.64. The van der Waals surface area contributed by atoms with Gasteiger partial charge >= 0.3 is 0 Å². The van der Waals surface area contributed by atoms with Crippen LogP contribution in [0.5, 0.6) is 0 Å². The summed E-state index contributed by atoms with van der Waals surface area (Å²) in [6.07, 6.45) is 2.90. The Morgan fingerprint density at radius 3 is 2.60 bits per heavy atom. The third-order valence-electron chi connectivity index (χ3n) is 4.73. The molecule has 4 rings (SSSR count). The lowest BCUT2D eigenvalue weighted by molar-refractivity contribution is 0.551. The third-order valence-corrected chi connectivity index (χ3v) is 6.40. The second-order valence-corrected chi connectivity index (χ2v) is 8.68. The number of benzene rings is 2. The molecule has 0 saturated carbocycles. The van der Waals surface area contributed by atoms with E-state index < -0.39 is 37.9 Å². The van der Waals surface area contributed by atoms with Crippen LogP contribution in [0.3, 0.4) is 0 Å². The highest BCUT2D eigenvalue weighted by molar-refractivity contribution is 7.90. The van der Waals surface area contributed by atoms with Crippen molar-refractivity contribution in [2.24, 2.45) is 7.05 Å². The zero-order valence-corrected chi connectivity index (χ0v) is 16.4. The quantitative estimate of drug-likeness (QED) is 0.532. The normalized spacial score (nSPS) is 11.9. The zero-order valence-electron chi connectivity index (χ0n) is 15.6. The van der Waals surface area contributed by atoms with E-state index in [2.05, 4.69) is 9.97 Å². The molecule has 6 nitrogen and oxygen atoms in total. The fourth-order valence-corrected chi connectivity index (χ4v) is 4.78. The first-order valence-corrected chi connectivity index (χ1v) is 10.4. The molecule has 0 fully saturated rings. The van der Waals surface area contributed by atoms with Gasteiger partial charge in [0.2, 0.25) is 0 Å². The molecule has 0 saturated heterocycles. The SMILES string of the molecule is Cn1cc(-c2cccc(CS(=O)(=O)c3cc(F)ccc3F)c2F)c2c(N)ncnc21. The van der Waals surface area contributed by atoms with Gasteiger partial charge in [0.1, 0.15) is 40.1 Å². The van der Waals surface area contributed by atoms with Gasteiger partial charge in [-0.2, -0.15) is 0 Å². The van der Waals surface area contributed by atoms with Gasteiger partial charge in [-0.25, -0.2) is 31.6 Å². The van der Waals surface area contributed by atoms with Crippen molar-refractivity contribution in [3.63, 3.8) is 0 Å². The molecule has 4 aromatic rings. The molecule has 0 bridgehead atoms. The number of sulfone groups is 1. The molecule has 0 amide bonds. The largest absolute Gasteiger partial charge is 0.383 e. The third kappa shape index (κ3) is 3.28. The first-order valence-electron chi connectivity index (χ1n) is 8.70. The number of fused-ring (bicyclic) bond motifs is 1. The first-order chi connectivity index (χ1) is 14.2. The van der Waals surface area contributed by atoms with Crippen LogP contribution in [0.15, 0.2) is 53.8 Å². The summed E-state index contributed by atoms with van der Waals surface area (Å²) in [5.74, 6) is -3.52. The lowest BCUT2D eigenvalue weighted by Gasteiger charge is -2.10. The second kappa shape index (κ2) is 7.13. The maximum atomic E-state index is 15.3. The molecule has 154 valence electrons. The molecule has 0 aliphatic rings. The van der Waals surface area contributed by atoms with Gasteiger partial charge in [-0.05, 0) is 18.2 Å². The number of aromatic nitrogens is 3. The topological polar surface area (TPSA) is 90.9 Å². The van der Waals surface area contributed by atoms with E-state index in [1.54, 1.807) is 17.8 Å². The minimum absolute atomic E-state index is 0.0921. The fraction of sp³-hybridized carbons (Fsp3) is 0.100. The van der Waals surface area contributed by atoms with Crippen LogP contribution in [0, 0.1) is 17.5 Å². The second-order valence-electron chi connectivity index (χ2n) is 6.72. The average Bonchev–Trinajstić information content (AvgIpc) is 3.03. The van der Waals surface area contributed by atoms with Crippen LogP contribution in [0.25, 0.3) is 22.2 Å². The fourth-order valence-electron chi connectivity index (χ4n) is 3.34. The van der Waals surface area contributed by atoms with Crippen LogP contribution in [0.1, 0.15) is 5.56 Å². The molecule has 0 aliphatic heterocycles. The van der Waals surface area contributed by atoms with Crippen molar-refractivity contribution in [2.75, 3.05) is 5.73 Å². The first kappa shape index (κ1) is 19.9. The Hall–Kier alpha value is -3.40. The smallest absolute Gasteiger partial charge is 0.185 e. The van der Waals surface area contributed by atoms with Gasteiger partial charge in [-0.3, -0.25) is 0 Å². The number of anilines is 1. The van der Waals surface area contributed by atoms with Gasteiger partial charge in [-0.15, -0.1) is 0 Å². The zero-order chi connectivity index (χ0) is 21.6. The molecule has 2 aromatic carbocycles. The van der Waals surface area contributed by atoms with E-state index in [-0.39, 0.29) is 16.9 Å². The maximum Gasteiger partial charge on any atom is 0.185 e. The Bertz CT molecular complexity index is 1400. The molecule has 2 heterocycles. The van der Waals surface area contributed by atoms with Crippen LogP contribution in [-0.2, 0) is 22.6 Å². The van der Waals surface area contributed by atoms with Crippen molar-refractivity contribution in [2.45, 2.75) is 10.6 Å². The Kier molecular flexibility index (Phi) is 4.73.